The maximum atomic E-state index is 11.3. The van der Waals surface area contributed by atoms with Crippen LogP contribution in [0.2, 0.25) is 0 Å². The Kier molecular flexibility index (Phi) is 2.41. The first kappa shape index (κ1) is 9.71. The maximum Gasteiger partial charge on any atom is 0.407 e. The third kappa shape index (κ3) is 1.83. The van der Waals surface area contributed by atoms with Crippen LogP contribution >= 0.6 is 0 Å². The standard InChI is InChI=1S/C11H11NO3/c1-7(13)8-4-2-3-5-9(8)10-6-12-11(14)15-10/h2-5,10H,6H2,1H3,(H,12,14). The van der Waals surface area contributed by atoms with Crippen LogP contribution in [0.15, 0.2) is 24.3 Å². The summed E-state index contributed by atoms with van der Waals surface area (Å²) in [5.74, 6) is -0.0199. The van der Waals surface area contributed by atoms with Gasteiger partial charge in [0.05, 0.1) is 6.54 Å². The van der Waals surface area contributed by atoms with E-state index < -0.39 is 6.09 Å². The summed E-state index contributed by atoms with van der Waals surface area (Å²) in [6, 6.07) is 7.17. The lowest BCUT2D eigenvalue weighted by Crippen LogP contribution is -2.13. The topological polar surface area (TPSA) is 55.4 Å². The van der Waals surface area contributed by atoms with E-state index in [1.54, 1.807) is 12.1 Å². The van der Waals surface area contributed by atoms with Crippen LogP contribution < -0.4 is 5.32 Å². The van der Waals surface area contributed by atoms with Crippen LogP contribution in [0.1, 0.15) is 28.9 Å². The van der Waals surface area contributed by atoms with Crippen LogP contribution in [-0.4, -0.2) is 18.4 Å². The fourth-order valence-corrected chi connectivity index (χ4v) is 1.66. The second-order valence-corrected chi connectivity index (χ2v) is 3.42. The molecule has 1 heterocycles. The van der Waals surface area contributed by atoms with E-state index in [-0.39, 0.29) is 11.9 Å². The van der Waals surface area contributed by atoms with Crippen molar-refractivity contribution in [2.24, 2.45) is 0 Å². The number of cyclic esters (lactones) is 1. The first-order valence-corrected chi connectivity index (χ1v) is 4.73. The molecule has 1 N–H and O–H groups in total. The van der Waals surface area contributed by atoms with E-state index in [0.29, 0.717) is 12.1 Å². The first-order valence-electron chi connectivity index (χ1n) is 4.73. The van der Waals surface area contributed by atoms with Crippen molar-refractivity contribution in [1.82, 2.24) is 5.32 Å². The van der Waals surface area contributed by atoms with Gasteiger partial charge in [0, 0.05) is 11.1 Å². The van der Waals surface area contributed by atoms with Gasteiger partial charge < -0.3 is 10.1 Å². The first-order chi connectivity index (χ1) is 7.18. The number of alkyl carbamates (subject to hydrolysis) is 1. The number of hydrogen-bond acceptors (Lipinski definition) is 3. The van der Waals surface area contributed by atoms with Gasteiger partial charge in [0.2, 0.25) is 0 Å². The molecule has 1 unspecified atom stereocenters. The summed E-state index contributed by atoms with van der Waals surface area (Å²) in [6.45, 7) is 1.92. The molecular weight excluding hydrogens is 194 g/mol. The van der Waals surface area contributed by atoms with Crippen molar-refractivity contribution in [2.45, 2.75) is 13.0 Å². The lowest BCUT2D eigenvalue weighted by Gasteiger charge is -2.11. The van der Waals surface area contributed by atoms with E-state index in [0.717, 1.165) is 5.56 Å². The zero-order chi connectivity index (χ0) is 10.8. The summed E-state index contributed by atoms with van der Waals surface area (Å²) in [6.07, 6.45) is -0.782. The Morgan fingerprint density at radius 1 is 1.47 bits per heavy atom. The lowest BCUT2D eigenvalue weighted by atomic mass is 10.00. The Labute approximate surface area is 87.2 Å². The molecule has 1 aromatic rings. The summed E-state index contributed by atoms with van der Waals surface area (Å²) < 4.78 is 5.04. The smallest absolute Gasteiger partial charge is 0.407 e. The van der Waals surface area contributed by atoms with Crippen molar-refractivity contribution in [2.75, 3.05) is 6.54 Å². The molecule has 0 aliphatic carbocycles. The molecule has 1 fully saturated rings. The largest absolute Gasteiger partial charge is 0.439 e. The van der Waals surface area contributed by atoms with Crippen LogP contribution in [0.25, 0.3) is 0 Å². The molecule has 1 aromatic carbocycles. The third-order valence-corrected chi connectivity index (χ3v) is 2.37. The minimum Gasteiger partial charge on any atom is -0.439 e. The second kappa shape index (κ2) is 3.73. The molecule has 1 aliphatic heterocycles. The fourth-order valence-electron chi connectivity index (χ4n) is 1.66. The molecule has 15 heavy (non-hydrogen) atoms. The highest BCUT2D eigenvalue weighted by Crippen LogP contribution is 2.24. The predicted molar refractivity (Wildman–Crippen MR) is 53.7 cm³/mol. The average Bonchev–Trinajstić information content (AvgIpc) is 2.65. The molecular formula is C11H11NO3. The highest BCUT2D eigenvalue weighted by molar-refractivity contribution is 5.95. The number of carbonyl (C=O) groups excluding carboxylic acids is 2. The second-order valence-electron chi connectivity index (χ2n) is 3.42. The normalized spacial score (nSPS) is 19.5. The number of carbonyl (C=O) groups is 2. The maximum absolute atomic E-state index is 11.3. The summed E-state index contributed by atoms with van der Waals surface area (Å²) in [7, 11) is 0. The summed E-state index contributed by atoms with van der Waals surface area (Å²) in [4.78, 5) is 22.2. The average molecular weight is 205 g/mol. The molecule has 4 nitrogen and oxygen atoms in total. The predicted octanol–water partition coefficient (Wildman–Crippen LogP) is 1.67. The number of hydrogen-bond donors (Lipinski definition) is 1. The van der Waals surface area contributed by atoms with E-state index in [2.05, 4.69) is 5.32 Å². The molecule has 1 aliphatic rings. The van der Waals surface area contributed by atoms with Crippen molar-refractivity contribution >= 4 is 11.9 Å². The quantitative estimate of drug-likeness (QED) is 0.747. The van der Waals surface area contributed by atoms with Gasteiger partial charge in [0.15, 0.2) is 5.78 Å². The van der Waals surface area contributed by atoms with Crippen LogP contribution in [0.3, 0.4) is 0 Å². The number of amides is 1. The van der Waals surface area contributed by atoms with Gasteiger partial charge in [-0.05, 0) is 6.92 Å². The van der Waals surface area contributed by atoms with E-state index in [1.807, 2.05) is 12.1 Å². The number of ether oxygens (including phenoxy) is 1. The van der Waals surface area contributed by atoms with Gasteiger partial charge in [-0.1, -0.05) is 24.3 Å². The van der Waals surface area contributed by atoms with Crippen LogP contribution in [0.5, 0.6) is 0 Å². The van der Waals surface area contributed by atoms with Gasteiger partial charge in [0.1, 0.15) is 6.10 Å². The molecule has 78 valence electrons. The number of rotatable bonds is 2. The fraction of sp³-hybridized carbons (Fsp3) is 0.273. The van der Waals surface area contributed by atoms with Gasteiger partial charge >= 0.3 is 6.09 Å². The molecule has 4 heteroatoms. The molecule has 0 spiro atoms. The number of Topliss-reactive ketones (excluding diaryl/α,β-unsaturated/α-hetero) is 1. The van der Waals surface area contributed by atoms with Gasteiger partial charge in [-0.25, -0.2) is 4.79 Å². The monoisotopic (exact) mass is 205 g/mol. The summed E-state index contributed by atoms with van der Waals surface area (Å²) in [5, 5.41) is 2.56. The number of benzene rings is 1. The van der Waals surface area contributed by atoms with Gasteiger partial charge in [0.25, 0.3) is 0 Å². The third-order valence-electron chi connectivity index (χ3n) is 2.37. The Morgan fingerprint density at radius 3 is 2.80 bits per heavy atom. The lowest BCUT2D eigenvalue weighted by molar-refractivity contribution is 0.100. The highest BCUT2D eigenvalue weighted by Gasteiger charge is 2.26. The Morgan fingerprint density at radius 2 is 2.20 bits per heavy atom. The van der Waals surface area contributed by atoms with E-state index in [4.69, 9.17) is 4.74 Å². The number of nitrogens with one attached hydrogen (secondary N) is 1. The van der Waals surface area contributed by atoms with Crippen LogP contribution in [-0.2, 0) is 4.74 Å². The van der Waals surface area contributed by atoms with Crippen molar-refractivity contribution in [3.8, 4) is 0 Å². The molecule has 0 saturated carbocycles. The minimum atomic E-state index is -0.432. The highest BCUT2D eigenvalue weighted by atomic mass is 16.6. The molecule has 0 aromatic heterocycles. The Hall–Kier alpha value is -1.84. The SMILES string of the molecule is CC(=O)c1ccccc1C1CNC(=O)O1. The number of ketones is 1. The molecule has 2 rings (SSSR count). The van der Waals surface area contributed by atoms with Crippen molar-refractivity contribution in [3.63, 3.8) is 0 Å². The summed E-state index contributed by atoms with van der Waals surface area (Å²) in [5.41, 5.74) is 1.38. The molecule has 1 atom stereocenters. The van der Waals surface area contributed by atoms with Crippen molar-refractivity contribution in [3.05, 3.63) is 35.4 Å². The Balaban J connectivity index is 2.35. The van der Waals surface area contributed by atoms with Gasteiger partial charge in [-0.3, -0.25) is 4.79 Å². The Bertz CT molecular complexity index is 414. The van der Waals surface area contributed by atoms with E-state index in [9.17, 15) is 9.59 Å². The summed E-state index contributed by atoms with van der Waals surface area (Å²) >= 11 is 0. The molecule has 0 bridgehead atoms. The molecule has 1 saturated heterocycles. The van der Waals surface area contributed by atoms with Crippen LogP contribution in [0, 0.1) is 0 Å². The van der Waals surface area contributed by atoms with Gasteiger partial charge in [-0.15, -0.1) is 0 Å². The van der Waals surface area contributed by atoms with Crippen molar-refractivity contribution < 1.29 is 14.3 Å². The zero-order valence-electron chi connectivity index (χ0n) is 8.32. The zero-order valence-corrected chi connectivity index (χ0v) is 8.32. The van der Waals surface area contributed by atoms with E-state index in [1.165, 1.54) is 6.92 Å². The van der Waals surface area contributed by atoms with E-state index >= 15 is 0 Å². The minimum absolute atomic E-state index is 0.0199. The van der Waals surface area contributed by atoms with Crippen LogP contribution in [0.4, 0.5) is 4.79 Å². The molecule has 0 radical (unpaired) electrons. The van der Waals surface area contributed by atoms with Gasteiger partial charge in [-0.2, -0.15) is 0 Å². The molecule has 1 amide bonds. The van der Waals surface area contributed by atoms with Crippen molar-refractivity contribution in [1.29, 1.82) is 0 Å².